The van der Waals surface area contributed by atoms with Crippen LogP contribution < -0.4 is 0 Å². The lowest BCUT2D eigenvalue weighted by Gasteiger charge is -2.32. The Morgan fingerprint density at radius 1 is 1.16 bits per heavy atom. The standard InChI is InChI=1S/C20H20N4O/c25-20(18-7-8-22-23-13-18)24-9-3-4-15(14-24)10-16-11-17-5-1-2-6-19(17)21-12-16/h1-2,5-8,11-13,15H,3-4,9-10,14H2/t15-/m1/s1. The van der Waals surface area contributed by atoms with Gasteiger partial charge in [0.15, 0.2) is 0 Å². The fourth-order valence-corrected chi connectivity index (χ4v) is 3.58. The Bertz CT molecular complexity index is 881. The molecule has 0 unspecified atom stereocenters. The minimum absolute atomic E-state index is 0.0521. The number of pyridine rings is 1. The van der Waals surface area contributed by atoms with E-state index in [0.717, 1.165) is 37.9 Å². The summed E-state index contributed by atoms with van der Waals surface area (Å²) in [5.41, 5.74) is 2.88. The molecular formula is C20H20N4O. The normalized spacial score (nSPS) is 17.6. The van der Waals surface area contributed by atoms with Crippen LogP contribution in [-0.2, 0) is 6.42 Å². The number of aromatic nitrogens is 3. The van der Waals surface area contributed by atoms with Crippen molar-refractivity contribution in [3.63, 3.8) is 0 Å². The highest BCUT2D eigenvalue weighted by atomic mass is 16.2. The molecule has 3 heterocycles. The molecule has 1 aliphatic heterocycles. The van der Waals surface area contributed by atoms with Gasteiger partial charge >= 0.3 is 0 Å². The summed E-state index contributed by atoms with van der Waals surface area (Å²) in [5.74, 6) is 0.520. The summed E-state index contributed by atoms with van der Waals surface area (Å²) in [7, 11) is 0. The number of piperidine rings is 1. The Hall–Kier alpha value is -2.82. The second kappa shape index (κ2) is 6.97. The van der Waals surface area contributed by atoms with E-state index >= 15 is 0 Å². The molecule has 2 aromatic heterocycles. The fourth-order valence-electron chi connectivity index (χ4n) is 3.58. The highest BCUT2D eigenvalue weighted by Crippen LogP contribution is 2.23. The number of amides is 1. The molecule has 0 N–H and O–H groups in total. The van der Waals surface area contributed by atoms with Crippen molar-refractivity contribution in [2.75, 3.05) is 13.1 Å². The third kappa shape index (κ3) is 3.50. The predicted octanol–water partition coefficient (Wildman–Crippen LogP) is 3.12. The van der Waals surface area contributed by atoms with E-state index in [1.807, 2.05) is 29.3 Å². The van der Waals surface area contributed by atoms with Gasteiger partial charge in [-0.15, -0.1) is 0 Å². The van der Waals surface area contributed by atoms with Crippen LogP contribution in [-0.4, -0.2) is 39.1 Å². The minimum atomic E-state index is 0.0521. The van der Waals surface area contributed by atoms with Crippen molar-refractivity contribution < 1.29 is 4.79 Å². The van der Waals surface area contributed by atoms with E-state index in [0.29, 0.717) is 11.5 Å². The first-order valence-electron chi connectivity index (χ1n) is 8.69. The van der Waals surface area contributed by atoms with Crippen LogP contribution in [0.3, 0.4) is 0 Å². The van der Waals surface area contributed by atoms with Crippen LogP contribution in [0.15, 0.2) is 55.0 Å². The number of fused-ring (bicyclic) bond motifs is 1. The van der Waals surface area contributed by atoms with Crippen LogP contribution in [0, 0.1) is 5.92 Å². The van der Waals surface area contributed by atoms with E-state index < -0.39 is 0 Å². The number of hydrogen-bond acceptors (Lipinski definition) is 4. The minimum Gasteiger partial charge on any atom is -0.338 e. The van der Waals surface area contributed by atoms with Crippen LogP contribution in [0.25, 0.3) is 10.9 Å². The summed E-state index contributed by atoms with van der Waals surface area (Å²) >= 11 is 0. The first kappa shape index (κ1) is 15.7. The molecule has 5 nitrogen and oxygen atoms in total. The monoisotopic (exact) mass is 332 g/mol. The number of likely N-dealkylation sites (tertiary alicyclic amines) is 1. The van der Waals surface area contributed by atoms with Crippen LogP contribution >= 0.6 is 0 Å². The number of nitrogens with zero attached hydrogens (tertiary/aromatic N) is 4. The molecule has 1 amide bonds. The van der Waals surface area contributed by atoms with Gasteiger partial charge in [-0.2, -0.15) is 10.2 Å². The van der Waals surface area contributed by atoms with Crippen molar-refractivity contribution in [1.82, 2.24) is 20.1 Å². The van der Waals surface area contributed by atoms with Crippen LogP contribution in [0.4, 0.5) is 0 Å². The number of rotatable bonds is 3. The highest BCUT2D eigenvalue weighted by Gasteiger charge is 2.24. The van der Waals surface area contributed by atoms with Crippen molar-refractivity contribution in [2.45, 2.75) is 19.3 Å². The zero-order chi connectivity index (χ0) is 17.1. The van der Waals surface area contributed by atoms with Crippen molar-refractivity contribution in [3.05, 3.63) is 66.1 Å². The van der Waals surface area contributed by atoms with Crippen LogP contribution in [0.2, 0.25) is 0 Å². The Morgan fingerprint density at radius 2 is 2.08 bits per heavy atom. The average Bonchev–Trinajstić information content (AvgIpc) is 2.68. The third-order valence-corrected chi connectivity index (χ3v) is 4.81. The molecule has 0 saturated carbocycles. The maximum atomic E-state index is 12.6. The largest absolute Gasteiger partial charge is 0.338 e. The number of carbonyl (C=O) groups is 1. The van der Waals surface area contributed by atoms with Crippen molar-refractivity contribution in [1.29, 1.82) is 0 Å². The molecule has 1 aliphatic rings. The lowest BCUT2D eigenvalue weighted by molar-refractivity contribution is 0.0672. The summed E-state index contributed by atoms with van der Waals surface area (Å²) in [6.07, 6.45) is 8.21. The summed E-state index contributed by atoms with van der Waals surface area (Å²) in [5, 5.41) is 8.72. The number of carbonyl (C=O) groups excluding carboxylic acids is 1. The van der Waals surface area contributed by atoms with Crippen molar-refractivity contribution in [3.8, 4) is 0 Å². The number of para-hydroxylation sites is 1. The van der Waals surface area contributed by atoms with E-state index in [1.54, 1.807) is 18.5 Å². The van der Waals surface area contributed by atoms with Gasteiger partial charge in [0.2, 0.25) is 0 Å². The molecular weight excluding hydrogens is 312 g/mol. The number of benzene rings is 1. The first-order valence-corrected chi connectivity index (χ1v) is 8.69. The van der Waals surface area contributed by atoms with E-state index in [1.165, 1.54) is 10.9 Å². The van der Waals surface area contributed by atoms with Gasteiger partial charge in [-0.05, 0) is 48.9 Å². The first-order chi connectivity index (χ1) is 12.3. The Kier molecular flexibility index (Phi) is 4.37. The molecule has 0 radical (unpaired) electrons. The van der Waals surface area contributed by atoms with Gasteiger partial charge in [-0.3, -0.25) is 9.78 Å². The van der Waals surface area contributed by atoms with Crippen molar-refractivity contribution >= 4 is 16.8 Å². The summed E-state index contributed by atoms with van der Waals surface area (Å²) < 4.78 is 0. The summed E-state index contributed by atoms with van der Waals surface area (Å²) in [6, 6.07) is 12.1. The molecule has 3 aromatic rings. The fraction of sp³-hybridized carbons (Fsp3) is 0.300. The van der Waals surface area contributed by atoms with Gasteiger partial charge in [0.05, 0.1) is 23.5 Å². The van der Waals surface area contributed by atoms with Gasteiger partial charge in [0.1, 0.15) is 0 Å². The van der Waals surface area contributed by atoms with Gasteiger partial charge < -0.3 is 4.90 Å². The zero-order valence-electron chi connectivity index (χ0n) is 14.0. The Labute approximate surface area is 146 Å². The molecule has 0 bridgehead atoms. The second-order valence-electron chi connectivity index (χ2n) is 6.63. The number of hydrogen-bond donors (Lipinski definition) is 0. The molecule has 25 heavy (non-hydrogen) atoms. The Morgan fingerprint density at radius 3 is 2.96 bits per heavy atom. The maximum Gasteiger partial charge on any atom is 0.255 e. The van der Waals surface area contributed by atoms with E-state index in [9.17, 15) is 4.79 Å². The van der Waals surface area contributed by atoms with Crippen LogP contribution in [0.1, 0.15) is 28.8 Å². The third-order valence-electron chi connectivity index (χ3n) is 4.81. The highest BCUT2D eigenvalue weighted by molar-refractivity contribution is 5.93. The zero-order valence-corrected chi connectivity index (χ0v) is 14.0. The lowest BCUT2D eigenvalue weighted by atomic mass is 9.91. The maximum absolute atomic E-state index is 12.6. The van der Waals surface area contributed by atoms with E-state index in [-0.39, 0.29) is 5.91 Å². The predicted molar refractivity (Wildman–Crippen MR) is 96.1 cm³/mol. The Balaban J connectivity index is 1.46. The summed E-state index contributed by atoms with van der Waals surface area (Å²) in [4.78, 5) is 19.1. The van der Waals surface area contributed by atoms with Crippen LogP contribution in [0.5, 0.6) is 0 Å². The molecule has 1 aromatic carbocycles. The summed E-state index contributed by atoms with van der Waals surface area (Å²) in [6.45, 7) is 1.60. The van der Waals surface area contributed by atoms with Gasteiger partial charge in [-0.25, -0.2) is 0 Å². The van der Waals surface area contributed by atoms with E-state index in [2.05, 4.69) is 27.3 Å². The lowest BCUT2D eigenvalue weighted by Crippen LogP contribution is -2.40. The van der Waals surface area contributed by atoms with Gasteiger partial charge in [0, 0.05) is 24.7 Å². The molecule has 0 spiro atoms. The quantitative estimate of drug-likeness (QED) is 0.739. The van der Waals surface area contributed by atoms with Gasteiger partial charge in [0.25, 0.3) is 5.91 Å². The average molecular weight is 332 g/mol. The molecule has 0 aliphatic carbocycles. The topological polar surface area (TPSA) is 59.0 Å². The molecule has 1 atom stereocenters. The molecule has 5 heteroatoms. The van der Waals surface area contributed by atoms with Crippen molar-refractivity contribution in [2.24, 2.45) is 5.92 Å². The second-order valence-corrected chi connectivity index (χ2v) is 6.63. The van der Waals surface area contributed by atoms with E-state index in [4.69, 9.17) is 0 Å². The molecule has 1 saturated heterocycles. The van der Waals surface area contributed by atoms with Gasteiger partial charge in [-0.1, -0.05) is 18.2 Å². The SMILES string of the molecule is O=C(c1ccnnc1)N1CCC[C@H](Cc2cnc3ccccc3c2)C1. The molecule has 4 rings (SSSR count). The molecule has 1 fully saturated rings. The smallest absolute Gasteiger partial charge is 0.255 e. The molecule has 126 valence electrons.